The van der Waals surface area contributed by atoms with E-state index in [0.717, 1.165) is 17.9 Å². The summed E-state index contributed by atoms with van der Waals surface area (Å²) in [5.41, 5.74) is 2.88. The van der Waals surface area contributed by atoms with E-state index in [1.165, 1.54) is 27.5 Å². The first kappa shape index (κ1) is 13.6. The Morgan fingerprint density at radius 3 is 2.75 bits per heavy atom. The summed E-state index contributed by atoms with van der Waals surface area (Å²) >= 11 is 7.75. The number of imidazole rings is 1. The molecule has 0 aliphatic heterocycles. The molecule has 0 aliphatic carbocycles. The Labute approximate surface area is 125 Å². The number of aryl methyl sites for hydroxylation is 2. The summed E-state index contributed by atoms with van der Waals surface area (Å²) < 4.78 is 15.3. The molecule has 2 nitrogen and oxygen atoms in total. The number of hydrogen-bond acceptors (Lipinski definition) is 2. The molecule has 3 rings (SSSR count). The average molecular weight is 309 g/mol. The lowest BCUT2D eigenvalue weighted by molar-refractivity contribution is 0.629. The molecule has 0 radical (unpaired) electrons. The van der Waals surface area contributed by atoms with E-state index in [1.807, 2.05) is 0 Å². The summed E-state index contributed by atoms with van der Waals surface area (Å²) in [5, 5.41) is 0. The Morgan fingerprint density at radius 1 is 1.30 bits per heavy atom. The summed E-state index contributed by atoms with van der Waals surface area (Å²) in [6.07, 6.45) is 0. The van der Waals surface area contributed by atoms with Gasteiger partial charge in [-0.25, -0.2) is 9.37 Å². The third kappa shape index (κ3) is 2.34. The average Bonchev–Trinajstić information content (AvgIpc) is 2.91. The van der Waals surface area contributed by atoms with Crippen molar-refractivity contribution in [2.24, 2.45) is 0 Å². The first-order valence-electron chi connectivity index (χ1n) is 6.35. The lowest BCUT2D eigenvalue weighted by Crippen LogP contribution is -2.02. The zero-order chi connectivity index (χ0) is 14.3. The quantitative estimate of drug-likeness (QED) is 0.644. The SMILES string of the molecule is Cc1cc(Cn2c(CCl)nc3cc(F)ccc32)sc1C. The molecule has 2 aromatic heterocycles. The minimum atomic E-state index is -0.272. The molecule has 0 N–H and O–H groups in total. The molecule has 0 unspecified atom stereocenters. The standard InChI is InChI=1S/C15H14ClFN2S/c1-9-5-12(20-10(9)2)8-19-14-4-3-11(17)6-13(14)18-15(19)7-16/h3-6H,7-8H2,1-2H3. The number of hydrogen-bond donors (Lipinski definition) is 0. The van der Waals surface area contributed by atoms with Crippen molar-refractivity contribution in [3.05, 3.63) is 51.2 Å². The molecule has 0 atom stereocenters. The molecule has 0 saturated carbocycles. The zero-order valence-corrected chi connectivity index (χ0v) is 12.9. The van der Waals surface area contributed by atoms with Crippen LogP contribution in [0, 0.1) is 19.7 Å². The maximum absolute atomic E-state index is 13.3. The van der Waals surface area contributed by atoms with Crippen LogP contribution in [0.15, 0.2) is 24.3 Å². The van der Waals surface area contributed by atoms with Crippen LogP contribution < -0.4 is 0 Å². The van der Waals surface area contributed by atoms with E-state index in [9.17, 15) is 4.39 Å². The molecule has 0 bridgehead atoms. The van der Waals surface area contributed by atoms with Gasteiger partial charge in [0.05, 0.1) is 23.5 Å². The highest BCUT2D eigenvalue weighted by Crippen LogP contribution is 2.25. The third-order valence-corrected chi connectivity index (χ3v) is 4.82. The second-order valence-electron chi connectivity index (χ2n) is 4.83. The van der Waals surface area contributed by atoms with Crippen molar-refractivity contribution in [1.29, 1.82) is 0 Å². The first-order valence-corrected chi connectivity index (χ1v) is 7.70. The van der Waals surface area contributed by atoms with Crippen molar-refractivity contribution >= 4 is 34.0 Å². The van der Waals surface area contributed by atoms with E-state index < -0.39 is 0 Å². The monoisotopic (exact) mass is 308 g/mol. The molecule has 0 saturated heterocycles. The Hall–Kier alpha value is -1.39. The van der Waals surface area contributed by atoms with Crippen LogP contribution in [-0.4, -0.2) is 9.55 Å². The van der Waals surface area contributed by atoms with Crippen molar-refractivity contribution in [2.45, 2.75) is 26.3 Å². The summed E-state index contributed by atoms with van der Waals surface area (Å²) in [6.45, 7) is 4.95. The van der Waals surface area contributed by atoms with Crippen LogP contribution in [0.3, 0.4) is 0 Å². The maximum Gasteiger partial charge on any atom is 0.125 e. The lowest BCUT2D eigenvalue weighted by Gasteiger charge is -2.05. The molecule has 1 aromatic carbocycles. The number of halogens is 2. The summed E-state index contributed by atoms with van der Waals surface area (Å²) in [7, 11) is 0. The fraction of sp³-hybridized carbons (Fsp3) is 0.267. The summed E-state index contributed by atoms with van der Waals surface area (Å²) in [5.74, 6) is 0.821. The van der Waals surface area contributed by atoms with Crippen LogP contribution in [-0.2, 0) is 12.4 Å². The van der Waals surface area contributed by atoms with Crippen LogP contribution in [0.2, 0.25) is 0 Å². The van der Waals surface area contributed by atoms with Crippen molar-refractivity contribution in [2.75, 3.05) is 0 Å². The molecule has 0 amide bonds. The normalized spacial score (nSPS) is 11.4. The van der Waals surface area contributed by atoms with E-state index in [2.05, 4.69) is 29.5 Å². The minimum absolute atomic E-state index is 0.272. The van der Waals surface area contributed by atoms with E-state index in [0.29, 0.717) is 11.4 Å². The molecule has 0 spiro atoms. The highest BCUT2D eigenvalue weighted by atomic mass is 35.5. The smallest absolute Gasteiger partial charge is 0.125 e. The Morgan fingerprint density at radius 2 is 2.10 bits per heavy atom. The van der Waals surface area contributed by atoms with Gasteiger partial charge in [-0.05, 0) is 37.6 Å². The van der Waals surface area contributed by atoms with Gasteiger partial charge in [0.25, 0.3) is 0 Å². The fourth-order valence-corrected chi connectivity index (χ4v) is 3.56. The van der Waals surface area contributed by atoms with Gasteiger partial charge >= 0.3 is 0 Å². The second kappa shape index (κ2) is 5.19. The summed E-state index contributed by atoms with van der Waals surface area (Å²) in [4.78, 5) is 6.99. The van der Waals surface area contributed by atoms with Crippen molar-refractivity contribution < 1.29 is 4.39 Å². The molecule has 104 valence electrons. The van der Waals surface area contributed by atoms with Gasteiger partial charge in [0, 0.05) is 15.8 Å². The maximum atomic E-state index is 13.3. The van der Waals surface area contributed by atoms with Gasteiger partial charge in [-0.2, -0.15) is 0 Å². The minimum Gasteiger partial charge on any atom is -0.322 e. The fourth-order valence-electron chi connectivity index (χ4n) is 2.31. The van der Waals surface area contributed by atoms with Crippen LogP contribution in [0.4, 0.5) is 4.39 Å². The van der Waals surface area contributed by atoms with Crippen LogP contribution in [0.25, 0.3) is 11.0 Å². The molecular weight excluding hydrogens is 295 g/mol. The molecule has 2 heterocycles. The van der Waals surface area contributed by atoms with Gasteiger partial charge < -0.3 is 4.57 Å². The van der Waals surface area contributed by atoms with Crippen molar-refractivity contribution in [3.8, 4) is 0 Å². The Bertz CT molecular complexity index is 756. The lowest BCUT2D eigenvalue weighted by atomic mass is 10.2. The van der Waals surface area contributed by atoms with Crippen molar-refractivity contribution in [1.82, 2.24) is 9.55 Å². The number of nitrogens with zero attached hydrogens (tertiary/aromatic N) is 2. The molecule has 0 aliphatic rings. The topological polar surface area (TPSA) is 17.8 Å². The highest BCUT2D eigenvalue weighted by molar-refractivity contribution is 7.12. The molecule has 5 heteroatoms. The Balaban J connectivity index is 2.09. The number of thiophene rings is 1. The predicted molar refractivity (Wildman–Crippen MR) is 82.1 cm³/mol. The molecular formula is C15H14ClFN2S. The number of rotatable bonds is 3. The summed E-state index contributed by atoms with van der Waals surface area (Å²) in [6, 6.07) is 6.87. The van der Waals surface area contributed by atoms with Gasteiger partial charge in [-0.1, -0.05) is 0 Å². The molecule has 20 heavy (non-hydrogen) atoms. The van der Waals surface area contributed by atoms with Gasteiger partial charge in [0.1, 0.15) is 11.6 Å². The van der Waals surface area contributed by atoms with Crippen LogP contribution in [0.5, 0.6) is 0 Å². The number of aromatic nitrogens is 2. The van der Waals surface area contributed by atoms with Gasteiger partial charge in [0.2, 0.25) is 0 Å². The van der Waals surface area contributed by atoms with Crippen molar-refractivity contribution in [3.63, 3.8) is 0 Å². The highest BCUT2D eigenvalue weighted by Gasteiger charge is 2.12. The number of benzene rings is 1. The van der Waals surface area contributed by atoms with E-state index in [4.69, 9.17) is 11.6 Å². The molecule has 3 aromatic rings. The van der Waals surface area contributed by atoms with Crippen LogP contribution in [0.1, 0.15) is 21.1 Å². The zero-order valence-electron chi connectivity index (χ0n) is 11.3. The second-order valence-corrected chi connectivity index (χ2v) is 6.44. The number of alkyl halides is 1. The largest absolute Gasteiger partial charge is 0.322 e. The predicted octanol–water partition coefficient (Wildman–Crippen LogP) is 4.64. The third-order valence-electron chi connectivity index (χ3n) is 3.44. The van der Waals surface area contributed by atoms with E-state index >= 15 is 0 Å². The van der Waals surface area contributed by atoms with Crippen LogP contribution >= 0.6 is 22.9 Å². The van der Waals surface area contributed by atoms with Gasteiger partial charge in [-0.15, -0.1) is 22.9 Å². The van der Waals surface area contributed by atoms with Gasteiger partial charge in [0.15, 0.2) is 0 Å². The molecule has 0 fully saturated rings. The Kier molecular flexibility index (Phi) is 3.52. The van der Waals surface area contributed by atoms with E-state index in [1.54, 1.807) is 17.4 Å². The number of fused-ring (bicyclic) bond motifs is 1. The van der Waals surface area contributed by atoms with E-state index in [-0.39, 0.29) is 5.82 Å². The first-order chi connectivity index (χ1) is 9.58. The van der Waals surface area contributed by atoms with Gasteiger partial charge in [-0.3, -0.25) is 0 Å².